The lowest BCUT2D eigenvalue weighted by Crippen LogP contribution is -2.41. The van der Waals surface area contributed by atoms with Crippen molar-refractivity contribution in [1.29, 1.82) is 0 Å². The van der Waals surface area contributed by atoms with E-state index in [0.717, 1.165) is 13.0 Å². The number of carbonyl (C=O) groups is 1. The third-order valence-corrected chi connectivity index (χ3v) is 6.74. The number of hydrogen-bond donors (Lipinski definition) is 1. The van der Waals surface area contributed by atoms with Crippen LogP contribution in [0.2, 0.25) is 0 Å². The largest absolute Gasteiger partial charge is 0.480 e. The highest BCUT2D eigenvalue weighted by atomic mass is 32.1. The monoisotopic (exact) mass is 321 g/mol. The van der Waals surface area contributed by atoms with Crippen molar-refractivity contribution in [2.24, 2.45) is 5.92 Å². The Labute approximate surface area is 137 Å². The molecule has 4 heteroatoms. The fourth-order valence-corrected chi connectivity index (χ4v) is 5.14. The average molecular weight is 321 g/mol. The Morgan fingerprint density at radius 3 is 2.68 bits per heavy atom. The summed E-state index contributed by atoms with van der Waals surface area (Å²) in [4.78, 5) is 16.6. The fourth-order valence-electron chi connectivity index (χ4n) is 4.07. The molecule has 1 N–H and O–H groups in total. The van der Waals surface area contributed by atoms with Crippen molar-refractivity contribution >= 4 is 17.3 Å². The van der Waals surface area contributed by atoms with Crippen molar-refractivity contribution in [3.8, 4) is 0 Å². The van der Waals surface area contributed by atoms with E-state index in [1.165, 1.54) is 35.4 Å². The number of nitrogens with zero attached hydrogens (tertiary/aromatic N) is 1. The summed E-state index contributed by atoms with van der Waals surface area (Å²) in [7, 11) is 0. The van der Waals surface area contributed by atoms with Gasteiger partial charge in [-0.2, -0.15) is 0 Å². The smallest absolute Gasteiger partial charge is 0.320 e. The molecular weight excluding hydrogens is 294 g/mol. The Kier molecular flexibility index (Phi) is 4.34. The molecule has 122 valence electrons. The summed E-state index contributed by atoms with van der Waals surface area (Å²) in [5, 5.41) is 9.60. The number of fused-ring (bicyclic) bond motifs is 1. The number of likely N-dealkylation sites (tertiary alicyclic amines) is 1. The van der Waals surface area contributed by atoms with Crippen LogP contribution in [0.5, 0.6) is 0 Å². The highest BCUT2D eigenvalue weighted by molar-refractivity contribution is 7.12. The zero-order valence-corrected chi connectivity index (χ0v) is 14.7. The predicted octanol–water partition coefficient (Wildman–Crippen LogP) is 4.26. The van der Waals surface area contributed by atoms with Crippen LogP contribution in [0.3, 0.4) is 0 Å². The first-order valence-corrected chi connectivity index (χ1v) is 9.25. The molecule has 0 aromatic carbocycles. The number of hydrogen-bond acceptors (Lipinski definition) is 3. The highest BCUT2D eigenvalue weighted by Gasteiger charge is 2.45. The van der Waals surface area contributed by atoms with Crippen molar-refractivity contribution in [3.63, 3.8) is 0 Å². The molecule has 0 bridgehead atoms. The lowest BCUT2D eigenvalue weighted by atomic mass is 9.85. The maximum atomic E-state index is 11.7. The van der Waals surface area contributed by atoms with E-state index in [4.69, 9.17) is 0 Å². The van der Waals surface area contributed by atoms with E-state index >= 15 is 0 Å². The van der Waals surface area contributed by atoms with Gasteiger partial charge in [0.05, 0.1) is 0 Å². The zero-order valence-electron chi connectivity index (χ0n) is 13.8. The summed E-state index contributed by atoms with van der Waals surface area (Å²) >= 11 is 1.85. The molecule has 1 saturated heterocycles. The molecule has 3 rings (SSSR count). The van der Waals surface area contributed by atoms with Crippen LogP contribution in [-0.4, -0.2) is 28.1 Å². The van der Waals surface area contributed by atoms with Gasteiger partial charge in [0.25, 0.3) is 0 Å². The third kappa shape index (κ3) is 3.09. The van der Waals surface area contributed by atoms with Crippen molar-refractivity contribution in [2.45, 2.75) is 76.9 Å². The molecule has 2 aliphatic rings. The Hall–Kier alpha value is -0.870. The van der Waals surface area contributed by atoms with Crippen molar-refractivity contribution in [1.82, 2.24) is 4.90 Å². The van der Waals surface area contributed by atoms with Gasteiger partial charge < -0.3 is 5.11 Å². The van der Waals surface area contributed by atoms with E-state index in [-0.39, 0.29) is 11.5 Å². The minimum atomic E-state index is -0.637. The second-order valence-electron chi connectivity index (χ2n) is 7.89. The molecular formula is C18H27NO2S. The zero-order chi connectivity index (χ0) is 15.9. The lowest BCUT2D eigenvalue weighted by Gasteiger charge is -2.32. The van der Waals surface area contributed by atoms with Gasteiger partial charge in [0.15, 0.2) is 0 Å². The number of rotatable bonds is 3. The van der Waals surface area contributed by atoms with Crippen LogP contribution in [0.15, 0.2) is 12.1 Å². The van der Waals surface area contributed by atoms with Crippen LogP contribution in [0.1, 0.15) is 62.6 Å². The van der Waals surface area contributed by atoms with E-state index in [9.17, 15) is 9.90 Å². The van der Waals surface area contributed by atoms with Crippen LogP contribution >= 0.6 is 11.3 Å². The molecule has 3 atom stereocenters. The average Bonchev–Trinajstić information content (AvgIpc) is 3.04. The Morgan fingerprint density at radius 1 is 1.32 bits per heavy atom. The second kappa shape index (κ2) is 5.97. The van der Waals surface area contributed by atoms with Crippen LogP contribution < -0.4 is 0 Å². The Bertz CT molecular complexity index is 546. The van der Waals surface area contributed by atoms with E-state index in [1.54, 1.807) is 0 Å². The molecule has 1 aliphatic heterocycles. The molecule has 0 radical (unpaired) electrons. The SMILES string of the molecule is CC(C)(C)c1ccc(CN2C(C(=O)O)CC3CCCCC32)s1. The summed E-state index contributed by atoms with van der Waals surface area (Å²) in [6.07, 6.45) is 5.75. The Morgan fingerprint density at radius 2 is 2.05 bits per heavy atom. The Balaban J connectivity index is 1.79. The van der Waals surface area contributed by atoms with E-state index in [2.05, 4.69) is 37.8 Å². The van der Waals surface area contributed by atoms with Gasteiger partial charge in [0.2, 0.25) is 0 Å². The molecule has 22 heavy (non-hydrogen) atoms. The molecule has 2 fully saturated rings. The highest BCUT2D eigenvalue weighted by Crippen LogP contribution is 2.41. The van der Waals surface area contributed by atoms with Gasteiger partial charge in [-0.1, -0.05) is 33.6 Å². The van der Waals surface area contributed by atoms with Crippen LogP contribution in [0.25, 0.3) is 0 Å². The lowest BCUT2D eigenvalue weighted by molar-refractivity contribution is -0.142. The maximum Gasteiger partial charge on any atom is 0.320 e. The molecule has 2 heterocycles. The minimum absolute atomic E-state index is 0.174. The second-order valence-corrected chi connectivity index (χ2v) is 9.06. The predicted molar refractivity (Wildman–Crippen MR) is 90.3 cm³/mol. The maximum absolute atomic E-state index is 11.7. The normalized spacial score (nSPS) is 29.5. The summed E-state index contributed by atoms with van der Waals surface area (Å²) in [5.74, 6) is -0.0427. The van der Waals surface area contributed by atoms with E-state index < -0.39 is 5.97 Å². The molecule has 0 amide bonds. The van der Waals surface area contributed by atoms with Gasteiger partial charge in [-0.15, -0.1) is 11.3 Å². The first-order valence-electron chi connectivity index (χ1n) is 8.44. The molecule has 3 nitrogen and oxygen atoms in total. The van der Waals surface area contributed by atoms with Gasteiger partial charge in [-0.25, -0.2) is 0 Å². The van der Waals surface area contributed by atoms with E-state index in [0.29, 0.717) is 12.0 Å². The summed E-state index contributed by atoms with van der Waals surface area (Å²) in [6, 6.07) is 4.60. The van der Waals surface area contributed by atoms with Crippen LogP contribution in [0, 0.1) is 5.92 Å². The molecule has 1 aliphatic carbocycles. The van der Waals surface area contributed by atoms with Gasteiger partial charge in [0.1, 0.15) is 6.04 Å². The first kappa shape index (κ1) is 16.0. The quantitative estimate of drug-likeness (QED) is 0.904. The number of carboxylic acids is 1. The van der Waals surface area contributed by atoms with Crippen LogP contribution in [-0.2, 0) is 16.8 Å². The van der Waals surface area contributed by atoms with Crippen LogP contribution in [0.4, 0.5) is 0 Å². The summed E-state index contributed by atoms with van der Waals surface area (Å²) in [5.41, 5.74) is 0.174. The molecule has 1 saturated carbocycles. The van der Waals surface area contributed by atoms with Gasteiger partial charge in [-0.05, 0) is 42.7 Å². The third-order valence-electron chi connectivity index (χ3n) is 5.25. The van der Waals surface area contributed by atoms with Gasteiger partial charge in [0, 0.05) is 22.3 Å². The number of carboxylic acid groups (broad SMARTS) is 1. The summed E-state index contributed by atoms with van der Waals surface area (Å²) in [6.45, 7) is 7.50. The topological polar surface area (TPSA) is 40.5 Å². The van der Waals surface area contributed by atoms with Crippen molar-refractivity contribution in [2.75, 3.05) is 0 Å². The molecule has 1 aromatic heterocycles. The fraction of sp³-hybridized carbons (Fsp3) is 0.722. The van der Waals surface area contributed by atoms with Gasteiger partial charge in [-0.3, -0.25) is 9.69 Å². The van der Waals surface area contributed by atoms with Crippen molar-refractivity contribution in [3.05, 3.63) is 21.9 Å². The molecule has 3 unspecified atom stereocenters. The summed E-state index contributed by atoms with van der Waals surface area (Å²) < 4.78 is 0. The number of thiophene rings is 1. The minimum Gasteiger partial charge on any atom is -0.480 e. The van der Waals surface area contributed by atoms with E-state index in [1.807, 2.05) is 11.3 Å². The molecule has 0 spiro atoms. The standard InChI is InChI=1S/C18H27NO2S/c1-18(2,3)16-9-8-13(22-16)11-19-14-7-5-4-6-12(14)10-15(19)17(20)21/h8-9,12,14-15H,4-7,10-11H2,1-3H3,(H,20,21). The molecule has 1 aromatic rings. The van der Waals surface area contributed by atoms with Crippen molar-refractivity contribution < 1.29 is 9.90 Å². The number of aliphatic carboxylic acids is 1. The first-order chi connectivity index (χ1) is 10.4. The van der Waals surface area contributed by atoms with Gasteiger partial charge >= 0.3 is 5.97 Å².